The van der Waals surface area contributed by atoms with Crippen LogP contribution in [-0.2, 0) is 9.59 Å². The van der Waals surface area contributed by atoms with Gasteiger partial charge in [-0.25, -0.2) is 4.98 Å². The highest BCUT2D eigenvalue weighted by Gasteiger charge is 2.30. The zero-order valence-electron chi connectivity index (χ0n) is 13.6. The van der Waals surface area contributed by atoms with Crippen molar-refractivity contribution in [1.29, 1.82) is 0 Å². The van der Waals surface area contributed by atoms with Gasteiger partial charge in [-0.05, 0) is 50.3 Å². The summed E-state index contributed by atoms with van der Waals surface area (Å²) in [6.45, 7) is 0. The molecule has 2 N–H and O–H groups in total. The number of hydrogen-bond donors (Lipinski definition) is 2. The summed E-state index contributed by atoms with van der Waals surface area (Å²) in [7, 11) is 0. The van der Waals surface area contributed by atoms with Crippen LogP contribution in [0.1, 0.15) is 44.6 Å². The van der Waals surface area contributed by atoms with Gasteiger partial charge in [-0.3, -0.25) is 9.59 Å². The molecule has 1 unspecified atom stereocenters. The number of aromatic nitrogens is 2. The van der Waals surface area contributed by atoms with E-state index in [1.165, 1.54) is 5.39 Å². The molecule has 1 aliphatic carbocycles. The van der Waals surface area contributed by atoms with E-state index < -0.39 is 0 Å². The Morgan fingerprint density at radius 3 is 2.79 bits per heavy atom. The fraction of sp³-hybridized carbons (Fsp3) is 0.500. The first-order valence-electron chi connectivity index (χ1n) is 8.72. The SMILES string of the molecule is O=C1CCC(C(=O)NC2CCC(n3ccc4cccnc43)CC2)N1. The monoisotopic (exact) mass is 326 g/mol. The molecule has 6 heteroatoms. The molecule has 0 bridgehead atoms. The van der Waals surface area contributed by atoms with Crippen molar-refractivity contribution in [2.45, 2.75) is 56.7 Å². The van der Waals surface area contributed by atoms with E-state index in [-0.39, 0.29) is 23.9 Å². The molecule has 2 amide bonds. The van der Waals surface area contributed by atoms with Gasteiger partial charge in [0.05, 0.1) is 0 Å². The van der Waals surface area contributed by atoms with E-state index in [0.29, 0.717) is 18.9 Å². The van der Waals surface area contributed by atoms with Gasteiger partial charge in [0.1, 0.15) is 11.7 Å². The van der Waals surface area contributed by atoms with E-state index in [1.807, 2.05) is 12.3 Å². The molecule has 0 aromatic carbocycles. The summed E-state index contributed by atoms with van der Waals surface area (Å²) in [6, 6.07) is 6.46. The summed E-state index contributed by atoms with van der Waals surface area (Å²) in [4.78, 5) is 27.9. The lowest BCUT2D eigenvalue weighted by Crippen LogP contribution is -2.47. The van der Waals surface area contributed by atoms with Crippen LogP contribution in [0.15, 0.2) is 30.6 Å². The van der Waals surface area contributed by atoms with Gasteiger partial charge >= 0.3 is 0 Å². The molecule has 1 aliphatic heterocycles. The molecule has 4 rings (SSSR count). The lowest BCUT2D eigenvalue weighted by Gasteiger charge is -2.31. The number of carbonyl (C=O) groups excluding carboxylic acids is 2. The van der Waals surface area contributed by atoms with E-state index in [4.69, 9.17) is 0 Å². The van der Waals surface area contributed by atoms with Crippen molar-refractivity contribution in [2.75, 3.05) is 0 Å². The van der Waals surface area contributed by atoms with E-state index in [2.05, 4.69) is 38.5 Å². The van der Waals surface area contributed by atoms with Gasteiger partial charge in [0.25, 0.3) is 0 Å². The smallest absolute Gasteiger partial charge is 0.242 e. The topological polar surface area (TPSA) is 76.0 Å². The predicted octanol–water partition coefficient (Wildman–Crippen LogP) is 1.91. The van der Waals surface area contributed by atoms with Crippen LogP contribution in [0.25, 0.3) is 11.0 Å². The summed E-state index contributed by atoms with van der Waals surface area (Å²) in [5.74, 6) is -0.0526. The maximum Gasteiger partial charge on any atom is 0.242 e. The minimum Gasteiger partial charge on any atom is -0.352 e. The van der Waals surface area contributed by atoms with E-state index in [9.17, 15) is 9.59 Å². The van der Waals surface area contributed by atoms with Gasteiger partial charge in [-0.15, -0.1) is 0 Å². The minimum atomic E-state index is -0.340. The van der Waals surface area contributed by atoms with Crippen molar-refractivity contribution in [1.82, 2.24) is 20.2 Å². The Balaban J connectivity index is 1.35. The molecule has 126 valence electrons. The Kier molecular flexibility index (Phi) is 3.96. The predicted molar refractivity (Wildman–Crippen MR) is 90.3 cm³/mol. The number of nitrogens with one attached hydrogen (secondary N) is 2. The van der Waals surface area contributed by atoms with Crippen molar-refractivity contribution in [2.24, 2.45) is 0 Å². The summed E-state index contributed by atoms with van der Waals surface area (Å²) >= 11 is 0. The lowest BCUT2D eigenvalue weighted by molar-refractivity contribution is -0.126. The van der Waals surface area contributed by atoms with Crippen molar-refractivity contribution < 1.29 is 9.59 Å². The molecule has 2 aromatic heterocycles. The average Bonchev–Trinajstić information content (AvgIpc) is 3.22. The van der Waals surface area contributed by atoms with Crippen LogP contribution in [0.5, 0.6) is 0 Å². The maximum absolute atomic E-state index is 12.2. The number of nitrogens with zero attached hydrogens (tertiary/aromatic N) is 2. The first-order valence-corrected chi connectivity index (χ1v) is 8.72. The van der Waals surface area contributed by atoms with Gasteiger partial charge in [-0.1, -0.05) is 0 Å². The number of carbonyl (C=O) groups is 2. The number of pyridine rings is 1. The third-order valence-corrected chi connectivity index (χ3v) is 5.22. The Morgan fingerprint density at radius 2 is 2.04 bits per heavy atom. The van der Waals surface area contributed by atoms with E-state index >= 15 is 0 Å². The van der Waals surface area contributed by atoms with Gasteiger partial charge in [0.15, 0.2) is 0 Å². The molecule has 2 aromatic rings. The number of fused-ring (bicyclic) bond motifs is 1. The van der Waals surface area contributed by atoms with Crippen LogP contribution < -0.4 is 10.6 Å². The molecule has 0 spiro atoms. The van der Waals surface area contributed by atoms with Gasteiger partial charge < -0.3 is 15.2 Å². The Hall–Kier alpha value is -2.37. The molecule has 1 saturated heterocycles. The summed E-state index contributed by atoms with van der Waals surface area (Å²) < 4.78 is 2.27. The van der Waals surface area contributed by atoms with Crippen molar-refractivity contribution in [3.05, 3.63) is 30.6 Å². The highest BCUT2D eigenvalue weighted by Crippen LogP contribution is 2.31. The van der Waals surface area contributed by atoms with Crippen LogP contribution in [-0.4, -0.2) is 33.4 Å². The zero-order valence-corrected chi connectivity index (χ0v) is 13.6. The van der Waals surface area contributed by atoms with Crippen LogP contribution in [0, 0.1) is 0 Å². The molecule has 24 heavy (non-hydrogen) atoms. The first kappa shape index (κ1) is 15.2. The molecule has 1 saturated carbocycles. The molecule has 1 atom stereocenters. The Morgan fingerprint density at radius 1 is 1.21 bits per heavy atom. The average molecular weight is 326 g/mol. The van der Waals surface area contributed by atoms with Crippen LogP contribution in [0.3, 0.4) is 0 Å². The van der Waals surface area contributed by atoms with E-state index in [1.54, 1.807) is 0 Å². The number of amides is 2. The molecular weight excluding hydrogens is 304 g/mol. The zero-order chi connectivity index (χ0) is 16.5. The maximum atomic E-state index is 12.2. The molecule has 3 heterocycles. The quantitative estimate of drug-likeness (QED) is 0.905. The summed E-state index contributed by atoms with van der Waals surface area (Å²) in [5, 5.41) is 7.01. The second-order valence-corrected chi connectivity index (χ2v) is 6.81. The highest BCUT2D eigenvalue weighted by molar-refractivity contribution is 5.90. The van der Waals surface area contributed by atoms with Crippen LogP contribution >= 0.6 is 0 Å². The minimum absolute atomic E-state index is 0.0224. The molecule has 2 fully saturated rings. The molecule has 0 radical (unpaired) electrons. The number of rotatable bonds is 3. The van der Waals surface area contributed by atoms with Gasteiger partial charge in [-0.2, -0.15) is 0 Å². The standard InChI is InChI=1S/C18H22N4O2/c23-16-8-7-15(21-16)18(24)20-13-3-5-14(6-4-13)22-11-9-12-2-1-10-19-17(12)22/h1-2,9-11,13-15H,3-8H2,(H,20,24)(H,21,23). The molecule has 6 nitrogen and oxygen atoms in total. The van der Waals surface area contributed by atoms with Gasteiger partial charge in [0, 0.05) is 36.3 Å². The van der Waals surface area contributed by atoms with Crippen molar-refractivity contribution in [3.63, 3.8) is 0 Å². The van der Waals surface area contributed by atoms with Crippen molar-refractivity contribution in [3.8, 4) is 0 Å². The van der Waals surface area contributed by atoms with Crippen LogP contribution in [0.4, 0.5) is 0 Å². The highest BCUT2D eigenvalue weighted by atomic mass is 16.2. The largest absolute Gasteiger partial charge is 0.352 e. The fourth-order valence-corrected chi connectivity index (χ4v) is 3.89. The third kappa shape index (κ3) is 2.88. The first-order chi connectivity index (χ1) is 11.7. The van der Waals surface area contributed by atoms with Gasteiger partial charge in [0.2, 0.25) is 11.8 Å². The molecule has 2 aliphatic rings. The second kappa shape index (κ2) is 6.26. The lowest BCUT2D eigenvalue weighted by atomic mass is 9.90. The second-order valence-electron chi connectivity index (χ2n) is 6.81. The summed E-state index contributed by atoms with van der Waals surface area (Å²) in [6.07, 6.45) is 9.01. The van der Waals surface area contributed by atoms with Crippen molar-refractivity contribution >= 4 is 22.8 Å². The normalized spacial score (nSPS) is 27.2. The molecular formula is C18H22N4O2. The third-order valence-electron chi connectivity index (χ3n) is 5.22. The Labute approximate surface area is 140 Å². The Bertz CT molecular complexity index is 761. The van der Waals surface area contributed by atoms with Crippen LogP contribution in [0.2, 0.25) is 0 Å². The fourth-order valence-electron chi connectivity index (χ4n) is 3.89. The number of hydrogen-bond acceptors (Lipinski definition) is 3. The summed E-state index contributed by atoms with van der Waals surface area (Å²) in [5.41, 5.74) is 1.04. The van der Waals surface area contributed by atoms with E-state index in [0.717, 1.165) is 31.3 Å².